The van der Waals surface area contributed by atoms with Crippen molar-refractivity contribution in [2.24, 2.45) is 10.3 Å². The molecular weight excluding hydrogens is 354 g/mol. The maximum absolute atomic E-state index is 12.7. The molecule has 138 valence electrons. The summed E-state index contributed by atoms with van der Waals surface area (Å²) in [5.74, 6) is -1.70. The molecule has 0 amide bonds. The first kappa shape index (κ1) is 19.8. The monoisotopic (exact) mass is 375 g/mol. The highest BCUT2D eigenvalue weighted by atomic mass is 32.2. The molecule has 0 aliphatic rings. The number of carbonyl (C=O) groups excluding carboxylic acids is 1. The van der Waals surface area contributed by atoms with E-state index < -0.39 is 28.0 Å². The van der Waals surface area contributed by atoms with Crippen molar-refractivity contribution in [1.82, 2.24) is 0 Å². The van der Waals surface area contributed by atoms with Crippen LogP contribution < -0.4 is 0 Å². The van der Waals surface area contributed by atoms with Crippen LogP contribution in [0.1, 0.15) is 19.4 Å². The third kappa shape index (κ3) is 4.77. The highest BCUT2D eigenvalue weighted by Gasteiger charge is 2.30. The minimum atomic E-state index is -4.00. The molecule has 7 heteroatoms. The molecule has 0 aliphatic carbocycles. The number of esters is 1. The normalized spacial score (nSPS) is 14.5. The van der Waals surface area contributed by atoms with E-state index in [1.807, 2.05) is 0 Å². The molecule has 0 radical (unpaired) electrons. The summed E-state index contributed by atoms with van der Waals surface area (Å²) in [5.41, 5.74) is 0.595. The van der Waals surface area contributed by atoms with Gasteiger partial charge in [-0.15, -0.1) is 0 Å². The average Bonchev–Trinajstić information content (AvgIpc) is 2.66. The van der Waals surface area contributed by atoms with Gasteiger partial charge in [-0.3, -0.25) is 0 Å². The van der Waals surface area contributed by atoms with E-state index in [0.29, 0.717) is 5.56 Å². The summed E-state index contributed by atoms with van der Waals surface area (Å²) in [7, 11) is -4.00. The standard InChI is InChI=1S/C19H21NO5S/c1-3-25-19(22)18(21)14(2)17(15-10-6-4-7-11-15)20-26(23,24)16-12-8-5-9-13-16/h4-14,18,21H,3H2,1-2H3/b20-17-/t14-,18+/m1/s1. The molecule has 2 atom stereocenters. The third-order valence-corrected chi connectivity index (χ3v) is 5.07. The molecule has 0 heterocycles. The number of benzene rings is 2. The summed E-state index contributed by atoms with van der Waals surface area (Å²) in [6, 6.07) is 16.4. The lowest BCUT2D eigenvalue weighted by Crippen LogP contribution is -2.35. The lowest BCUT2D eigenvalue weighted by atomic mass is 9.93. The molecule has 6 nitrogen and oxygen atoms in total. The Morgan fingerprint density at radius 2 is 1.62 bits per heavy atom. The zero-order valence-corrected chi connectivity index (χ0v) is 15.4. The zero-order valence-electron chi connectivity index (χ0n) is 14.6. The zero-order chi connectivity index (χ0) is 19.2. The van der Waals surface area contributed by atoms with Gasteiger partial charge in [0.05, 0.1) is 17.2 Å². The van der Waals surface area contributed by atoms with Gasteiger partial charge in [0.25, 0.3) is 10.0 Å². The van der Waals surface area contributed by atoms with E-state index in [4.69, 9.17) is 4.74 Å². The molecule has 2 aromatic carbocycles. The lowest BCUT2D eigenvalue weighted by Gasteiger charge is -2.19. The molecule has 0 aliphatic heterocycles. The van der Waals surface area contributed by atoms with Crippen molar-refractivity contribution in [3.8, 4) is 0 Å². The number of aliphatic hydroxyl groups is 1. The summed E-state index contributed by atoms with van der Waals surface area (Å²) in [6.07, 6.45) is -1.53. The van der Waals surface area contributed by atoms with Crippen molar-refractivity contribution in [3.63, 3.8) is 0 Å². The first-order valence-electron chi connectivity index (χ1n) is 8.17. The molecule has 0 saturated heterocycles. The second-order valence-corrected chi connectivity index (χ2v) is 7.22. The predicted molar refractivity (Wildman–Crippen MR) is 98.4 cm³/mol. The number of rotatable bonds is 7. The van der Waals surface area contributed by atoms with Crippen LogP contribution in [0.4, 0.5) is 0 Å². The number of aliphatic hydroxyl groups excluding tert-OH is 1. The summed E-state index contributed by atoms with van der Waals surface area (Å²) in [6.45, 7) is 3.28. The molecule has 2 aromatic rings. The molecule has 1 N–H and O–H groups in total. The fourth-order valence-corrected chi connectivity index (χ4v) is 3.50. The van der Waals surface area contributed by atoms with Gasteiger partial charge >= 0.3 is 5.97 Å². The average molecular weight is 375 g/mol. The molecule has 0 unspecified atom stereocenters. The first-order valence-corrected chi connectivity index (χ1v) is 9.61. The Balaban J connectivity index is 2.50. The van der Waals surface area contributed by atoms with Crippen LogP contribution in [0, 0.1) is 5.92 Å². The number of hydrogen-bond donors (Lipinski definition) is 1. The highest BCUT2D eigenvalue weighted by Crippen LogP contribution is 2.20. The molecule has 0 saturated carbocycles. The van der Waals surface area contributed by atoms with Gasteiger partial charge in [0.2, 0.25) is 0 Å². The fraction of sp³-hybridized carbons (Fsp3) is 0.263. The largest absolute Gasteiger partial charge is 0.464 e. The van der Waals surface area contributed by atoms with Crippen molar-refractivity contribution in [2.45, 2.75) is 24.8 Å². The Bertz CT molecular complexity index is 863. The van der Waals surface area contributed by atoms with Crippen LogP contribution in [0.25, 0.3) is 0 Å². The number of carbonyl (C=O) groups is 1. The highest BCUT2D eigenvalue weighted by molar-refractivity contribution is 7.90. The Labute approximate surface area is 153 Å². The lowest BCUT2D eigenvalue weighted by molar-refractivity contribution is -0.154. The van der Waals surface area contributed by atoms with Crippen molar-refractivity contribution in [2.75, 3.05) is 6.61 Å². The number of sulfonamides is 1. The van der Waals surface area contributed by atoms with E-state index in [0.717, 1.165) is 0 Å². The second kappa shape index (κ2) is 8.73. The van der Waals surface area contributed by atoms with Gasteiger partial charge in [0.15, 0.2) is 6.10 Å². The van der Waals surface area contributed by atoms with Crippen LogP contribution in [0.5, 0.6) is 0 Å². The molecule has 0 aromatic heterocycles. The number of nitrogens with zero attached hydrogens (tertiary/aromatic N) is 1. The van der Waals surface area contributed by atoms with E-state index in [9.17, 15) is 18.3 Å². The maximum Gasteiger partial charge on any atom is 0.335 e. The van der Waals surface area contributed by atoms with Crippen molar-refractivity contribution >= 4 is 21.7 Å². The Kier molecular flexibility index (Phi) is 6.65. The smallest absolute Gasteiger partial charge is 0.335 e. The summed E-state index contributed by atoms with van der Waals surface area (Å²) in [5, 5.41) is 10.3. The van der Waals surface area contributed by atoms with Gasteiger partial charge in [-0.1, -0.05) is 55.5 Å². The van der Waals surface area contributed by atoms with Gasteiger partial charge in [0, 0.05) is 5.92 Å². The van der Waals surface area contributed by atoms with Crippen LogP contribution in [-0.4, -0.2) is 37.9 Å². The third-order valence-electron chi connectivity index (χ3n) is 3.76. The van der Waals surface area contributed by atoms with Crippen LogP contribution in [0.2, 0.25) is 0 Å². The minimum absolute atomic E-state index is 0.0336. The Morgan fingerprint density at radius 3 is 2.15 bits per heavy atom. The van der Waals surface area contributed by atoms with Gasteiger partial charge < -0.3 is 9.84 Å². The SMILES string of the molecule is CCOC(=O)[C@@H](O)[C@H](C)/C(=N/S(=O)(=O)c1ccccc1)c1ccccc1. The van der Waals surface area contributed by atoms with Crippen molar-refractivity contribution < 1.29 is 23.1 Å². The predicted octanol–water partition coefficient (Wildman–Crippen LogP) is 2.42. The fourth-order valence-electron chi connectivity index (χ4n) is 2.36. The Hall–Kier alpha value is -2.51. The van der Waals surface area contributed by atoms with Crippen LogP contribution in [0.3, 0.4) is 0 Å². The molecule has 26 heavy (non-hydrogen) atoms. The van der Waals surface area contributed by atoms with E-state index >= 15 is 0 Å². The topological polar surface area (TPSA) is 93.0 Å². The van der Waals surface area contributed by atoms with Crippen molar-refractivity contribution in [3.05, 3.63) is 66.2 Å². The summed E-state index contributed by atoms with van der Waals surface area (Å²) in [4.78, 5) is 11.9. The van der Waals surface area contributed by atoms with Crippen LogP contribution >= 0.6 is 0 Å². The molecule has 2 rings (SSSR count). The molecular formula is C19H21NO5S. The summed E-state index contributed by atoms with van der Waals surface area (Å²) >= 11 is 0. The van der Waals surface area contributed by atoms with E-state index in [1.165, 1.54) is 19.1 Å². The van der Waals surface area contributed by atoms with Crippen molar-refractivity contribution in [1.29, 1.82) is 0 Å². The van der Waals surface area contributed by atoms with Gasteiger partial charge in [-0.05, 0) is 24.6 Å². The van der Waals surface area contributed by atoms with Gasteiger partial charge in [0.1, 0.15) is 0 Å². The van der Waals surface area contributed by atoms with E-state index in [2.05, 4.69) is 4.40 Å². The van der Waals surface area contributed by atoms with E-state index in [-0.39, 0.29) is 17.2 Å². The first-order chi connectivity index (χ1) is 12.4. The van der Waals surface area contributed by atoms with Gasteiger partial charge in [-0.25, -0.2) is 4.79 Å². The van der Waals surface area contributed by atoms with Crippen LogP contribution in [-0.2, 0) is 19.6 Å². The maximum atomic E-state index is 12.7. The van der Waals surface area contributed by atoms with Gasteiger partial charge in [-0.2, -0.15) is 12.8 Å². The molecule has 0 fully saturated rings. The quantitative estimate of drug-likeness (QED) is 0.593. The Morgan fingerprint density at radius 1 is 1.08 bits per heavy atom. The second-order valence-electron chi connectivity index (χ2n) is 5.62. The van der Waals surface area contributed by atoms with Crippen LogP contribution in [0.15, 0.2) is 70.0 Å². The van der Waals surface area contributed by atoms with E-state index in [1.54, 1.807) is 55.5 Å². The molecule has 0 spiro atoms. The molecule has 0 bridgehead atoms. The minimum Gasteiger partial charge on any atom is -0.464 e. The number of hydrogen-bond acceptors (Lipinski definition) is 5. The summed E-state index contributed by atoms with van der Waals surface area (Å²) < 4.78 is 34.1. The number of ether oxygens (including phenoxy) is 1.